The van der Waals surface area contributed by atoms with Crippen molar-refractivity contribution in [1.29, 1.82) is 5.26 Å². The summed E-state index contributed by atoms with van der Waals surface area (Å²) in [4.78, 5) is 14.8. The minimum atomic E-state index is 0.629. The summed E-state index contributed by atoms with van der Waals surface area (Å²) in [5.41, 5.74) is 15.2. The maximum Gasteiger partial charge on any atom is 0.164 e. The third-order valence-corrected chi connectivity index (χ3v) is 11.3. The number of nitriles is 1. The van der Waals surface area contributed by atoms with Crippen LogP contribution in [0.3, 0.4) is 0 Å². The summed E-state index contributed by atoms with van der Waals surface area (Å²) in [6, 6.07) is 70.0. The fourth-order valence-corrected chi connectivity index (χ4v) is 8.65. The molecule has 0 N–H and O–H groups in total. The summed E-state index contributed by atoms with van der Waals surface area (Å²) >= 11 is 0. The Morgan fingerprint density at radius 3 is 1.29 bits per heavy atom. The molecule has 0 amide bonds. The molecular weight excluding hydrogens is 705 g/mol. The van der Waals surface area contributed by atoms with Crippen molar-refractivity contribution in [3.8, 4) is 95.9 Å². The summed E-state index contributed by atoms with van der Waals surface area (Å²) in [5, 5.41) is 14.6. The molecule has 268 valence electrons. The third-order valence-electron chi connectivity index (χ3n) is 11.3. The monoisotopic (exact) mass is 736 g/mol. The van der Waals surface area contributed by atoms with Gasteiger partial charge >= 0.3 is 0 Å². The Morgan fingerprint density at radius 2 is 0.707 bits per heavy atom. The first-order chi connectivity index (χ1) is 28.7. The second-order valence-electron chi connectivity index (χ2n) is 14.6. The molecule has 0 radical (unpaired) electrons. The topological polar surface area (TPSA) is 62.5 Å². The van der Waals surface area contributed by atoms with Crippen molar-refractivity contribution in [2.45, 2.75) is 0 Å². The Kier molecular flexibility index (Phi) is 7.84. The van der Waals surface area contributed by atoms with Gasteiger partial charge in [0.05, 0.1) is 11.6 Å². The first-order valence-electron chi connectivity index (χ1n) is 19.4. The lowest BCUT2D eigenvalue weighted by Gasteiger charge is -2.17. The minimum Gasteiger partial charge on any atom is -0.208 e. The van der Waals surface area contributed by atoms with Gasteiger partial charge in [0.15, 0.2) is 17.5 Å². The number of rotatable bonds is 6. The normalized spacial score (nSPS) is 11.4. The van der Waals surface area contributed by atoms with Gasteiger partial charge in [-0.25, -0.2) is 15.0 Å². The number of nitrogens with zero attached hydrogens (tertiary/aromatic N) is 4. The molecule has 0 fully saturated rings. The number of fused-ring (bicyclic) bond motifs is 4. The van der Waals surface area contributed by atoms with Gasteiger partial charge in [-0.1, -0.05) is 182 Å². The second kappa shape index (κ2) is 13.6. The highest BCUT2D eigenvalue weighted by Crippen LogP contribution is 2.52. The highest BCUT2D eigenvalue weighted by atomic mass is 15.0. The molecule has 0 bridgehead atoms. The van der Waals surface area contributed by atoms with E-state index in [-0.39, 0.29) is 0 Å². The molecule has 0 unspecified atom stereocenters. The molecule has 58 heavy (non-hydrogen) atoms. The van der Waals surface area contributed by atoms with Crippen molar-refractivity contribution >= 4 is 21.5 Å². The lowest BCUT2D eigenvalue weighted by atomic mass is 9.86. The van der Waals surface area contributed by atoms with Crippen molar-refractivity contribution in [3.05, 3.63) is 200 Å². The molecular formula is C54H32N4. The molecule has 0 saturated heterocycles. The van der Waals surface area contributed by atoms with Gasteiger partial charge in [0, 0.05) is 16.7 Å². The van der Waals surface area contributed by atoms with Gasteiger partial charge < -0.3 is 0 Å². The highest BCUT2D eigenvalue weighted by molar-refractivity contribution is 6.24. The van der Waals surface area contributed by atoms with E-state index >= 15 is 0 Å². The first kappa shape index (κ1) is 33.3. The zero-order chi connectivity index (χ0) is 38.6. The van der Waals surface area contributed by atoms with Gasteiger partial charge in [0.1, 0.15) is 0 Å². The van der Waals surface area contributed by atoms with Gasteiger partial charge in [-0.3, -0.25) is 0 Å². The van der Waals surface area contributed by atoms with E-state index in [4.69, 9.17) is 15.0 Å². The third kappa shape index (κ3) is 5.49. The quantitative estimate of drug-likeness (QED) is 0.170. The Labute approximate surface area is 336 Å². The molecule has 9 aromatic carbocycles. The zero-order valence-electron chi connectivity index (χ0n) is 31.3. The van der Waals surface area contributed by atoms with Crippen LogP contribution in [0.1, 0.15) is 5.56 Å². The van der Waals surface area contributed by atoms with Crippen molar-refractivity contribution in [3.63, 3.8) is 0 Å². The van der Waals surface area contributed by atoms with Crippen LogP contribution in [0.5, 0.6) is 0 Å². The van der Waals surface area contributed by atoms with Crippen LogP contribution in [-0.2, 0) is 0 Å². The van der Waals surface area contributed by atoms with Gasteiger partial charge in [0.2, 0.25) is 0 Å². The van der Waals surface area contributed by atoms with E-state index in [0.717, 1.165) is 38.9 Å². The maximum atomic E-state index is 9.83. The van der Waals surface area contributed by atoms with Gasteiger partial charge in [-0.15, -0.1) is 0 Å². The van der Waals surface area contributed by atoms with E-state index in [9.17, 15) is 5.26 Å². The summed E-state index contributed by atoms with van der Waals surface area (Å²) in [6.45, 7) is 0. The van der Waals surface area contributed by atoms with Crippen LogP contribution >= 0.6 is 0 Å². The lowest BCUT2D eigenvalue weighted by molar-refractivity contribution is 1.07. The van der Waals surface area contributed by atoms with Gasteiger partial charge in [0.25, 0.3) is 0 Å². The van der Waals surface area contributed by atoms with Crippen LogP contribution < -0.4 is 0 Å². The number of benzene rings is 9. The van der Waals surface area contributed by atoms with E-state index < -0.39 is 0 Å². The van der Waals surface area contributed by atoms with Gasteiger partial charge in [-0.05, 0) is 89.3 Å². The van der Waals surface area contributed by atoms with E-state index in [0.29, 0.717) is 23.0 Å². The molecule has 0 spiro atoms. The van der Waals surface area contributed by atoms with Crippen LogP contribution in [-0.4, -0.2) is 15.0 Å². The molecule has 0 aliphatic heterocycles. The van der Waals surface area contributed by atoms with Crippen LogP contribution in [0, 0.1) is 11.3 Å². The number of aromatic nitrogens is 3. The van der Waals surface area contributed by atoms with Gasteiger partial charge in [-0.2, -0.15) is 5.26 Å². The average Bonchev–Trinajstić information content (AvgIpc) is 3.63. The Balaban J connectivity index is 1.05. The van der Waals surface area contributed by atoms with Crippen molar-refractivity contribution in [2.75, 3.05) is 0 Å². The van der Waals surface area contributed by atoms with Crippen LogP contribution in [0.2, 0.25) is 0 Å². The number of hydrogen-bond acceptors (Lipinski definition) is 4. The molecule has 1 heterocycles. The zero-order valence-corrected chi connectivity index (χ0v) is 31.3. The Morgan fingerprint density at radius 1 is 0.293 bits per heavy atom. The van der Waals surface area contributed by atoms with Crippen LogP contribution in [0.25, 0.3) is 111 Å². The van der Waals surface area contributed by atoms with Crippen molar-refractivity contribution < 1.29 is 0 Å². The largest absolute Gasteiger partial charge is 0.208 e. The molecule has 1 aliphatic rings. The molecule has 4 nitrogen and oxygen atoms in total. The SMILES string of the molecule is N#Cc1cccc(-c2ccc3c4c(ccc(-c5cccc6c(-c7ccc(-c8nc(-c9ccccc9)nc(-c9ccccc9)n8)cc7)cccc56)c24)-c2ccccc2-3)c1. The van der Waals surface area contributed by atoms with Crippen LogP contribution in [0.15, 0.2) is 194 Å². The van der Waals surface area contributed by atoms with E-state index in [2.05, 4.69) is 121 Å². The molecule has 0 saturated carbocycles. The molecule has 11 rings (SSSR count). The minimum absolute atomic E-state index is 0.629. The molecule has 4 heteroatoms. The predicted molar refractivity (Wildman–Crippen MR) is 237 cm³/mol. The van der Waals surface area contributed by atoms with Crippen molar-refractivity contribution in [1.82, 2.24) is 15.0 Å². The first-order valence-corrected chi connectivity index (χ1v) is 19.4. The summed E-state index contributed by atoms with van der Waals surface area (Å²) in [5.74, 6) is 1.91. The Bertz CT molecular complexity index is 3190. The second-order valence-corrected chi connectivity index (χ2v) is 14.6. The summed E-state index contributed by atoms with van der Waals surface area (Å²) in [7, 11) is 0. The molecule has 1 aromatic heterocycles. The maximum absolute atomic E-state index is 9.83. The number of hydrogen-bond donors (Lipinski definition) is 0. The standard InChI is InChI=1S/C54H32N4/c55-33-34-12-9-17-39(32-34)41-28-29-48-44-18-7-8-19-45(44)49-31-30-47(50(41)51(48)49)46-23-11-21-42-40(20-10-22-43(42)46)35-24-26-38(27-25-35)54-57-52(36-13-3-1-4-14-36)56-53(58-54)37-15-5-2-6-16-37/h1-32H. The van der Waals surface area contributed by atoms with E-state index in [1.165, 1.54) is 54.9 Å². The fourth-order valence-electron chi connectivity index (χ4n) is 8.65. The van der Waals surface area contributed by atoms with E-state index in [1.54, 1.807) is 0 Å². The van der Waals surface area contributed by atoms with Crippen molar-refractivity contribution in [2.24, 2.45) is 0 Å². The fraction of sp³-hybridized carbons (Fsp3) is 0. The van der Waals surface area contributed by atoms with E-state index in [1.807, 2.05) is 78.9 Å². The highest BCUT2D eigenvalue weighted by Gasteiger charge is 2.25. The molecule has 0 atom stereocenters. The predicted octanol–water partition coefficient (Wildman–Crippen LogP) is 13.7. The smallest absolute Gasteiger partial charge is 0.164 e. The molecule has 1 aliphatic carbocycles. The average molecular weight is 737 g/mol. The summed E-state index contributed by atoms with van der Waals surface area (Å²) in [6.07, 6.45) is 0. The van der Waals surface area contributed by atoms with Crippen LogP contribution in [0.4, 0.5) is 0 Å². The summed E-state index contributed by atoms with van der Waals surface area (Å²) < 4.78 is 0. The Hall–Kier alpha value is -8.00. The molecule has 10 aromatic rings. The lowest BCUT2D eigenvalue weighted by Crippen LogP contribution is -2.00.